The zero-order valence-electron chi connectivity index (χ0n) is 20.5. The van der Waals surface area contributed by atoms with Crippen molar-refractivity contribution in [1.29, 1.82) is 0 Å². The van der Waals surface area contributed by atoms with E-state index in [0.29, 0.717) is 35.4 Å². The zero-order chi connectivity index (χ0) is 25.1. The molecule has 0 unspecified atom stereocenters. The van der Waals surface area contributed by atoms with Gasteiger partial charge in [0.05, 0.1) is 12.7 Å². The molecule has 0 amide bonds. The Hall–Kier alpha value is -4.12. The maximum absolute atomic E-state index is 13.7. The monoisotopic (exact) mass is 479 g/mol. The highest BCUT2D eigenvalue weighted by Gasteiger charge is 2.41. The Bertz CT molecular complexity index is 1340. The molecule has 0 saturated heterocycles. The molecule has 3 aromatic rings. The van der Waals surface area contributed by atoms with Crippen molar-refractivity contribution in [2.45, 2.75) is 38.2 Å². The van der Waals surface area contributed by atoms with E-state index in [0.717, 1.165) is 22.4 Å². The topological polar surface area (TPSA) is 64.6 Å². The van der Waals surface area contributed by atoms with E-state index in [9.17, 15) is 9.59 Å². The number of ketones is 1. The number of esters is 1. The molecule has 1 aliphatic carbocycles. The molecule has 0 bridgehead atoms. The SMILES string of the molecule is COc1cccc([C@H]2C(C(=O)OCc3ccccc3)=C(C)NC3=C2C(=O)C[C@H](c2ccccc2)C3)c1. The molecule has 2 aliphatic rings. The number of carbonyl (C=O) groups excluding carboxylic acids is 2. The summed E-state index contributed by atoms with van der Waals surface area (Å²) in [6.45, 7) is 2.05. The highest BCUT2D eigenvalue weighted by Crippen LogP contribution is 2.46. The number of hydrogen-bond donors (Lipinski definition) is 1. The van der Waals surface area contributed by atoms with Gasteiger partial charge >= 0.3 is 5.97 Å². The summed E-state index contributed by atoms with van der Waals surface area (Å²) in [5.74, 6) is -0.139. The molecule has 5 heteroatoms. The van der Waals surface area contributed by atoms with Crippen LogP contribution in [-0.4, -0.2) is 18.9 Å². The van der Waals surface area contributed by atoms with Gasteiger partial charge in [-0.25, -0.2) is 4.79 Å². The van der Waals surface area contributed by atoms with E-state index >= 15 is 0 Å². The van der Waals surface area contributed by atoms with Crippen LogP contribution in [0.15, 0.2) is 107 Å². The van der Waals surface area contributed by atoms with Gasteiger partial charge in [0.15, 0.2) is 5.78 Å². The van der Waals surface area contributed by atoms with Crippen LogP contribution in [0, 0.1) is 0 Å². The minimum absolute atomic E-state index is 0.0475. The van der Waals surface area contributed by atoms with Crippen molar-refractivity contribution >= 4 is 11.8 Å². The molecule has 0 aromatic heterocycles. The molecule has 5 nitrogen and oxygen atoms in total. The predicted molar refractivity (Wildman–Crippen MR) is 138 cm³/mol. The maximum Gasteiger partial charge on any atom is 0.337 e. The molecule has 1 N–H and O–H groups in total. The van der Waals surface area contributed by atoms with Crippen LogP contribution in [0.4, 0.5) is 0 Å². The summed E-state index contributed by atoms with van der Waals surface area (Å²) in [5.41, 5.74) is 5.58. The first-order valence-electron chi connectivity index (χ1n) is 12.2. The van der Waals surface area contributed by atoms with Crippen molar-refractivity contribution in [3.63, 3.8) is 0 Å². The number of carbonyl (C=O) groups is 2. The summed E-state index contributed by atoms with van der Waals surface area (Å²) in [6.07, 6.45) is 1.10. The van der Waals surface area contributed by atoms with Crippen molar-refractivity contribution in [3.8, 4) is 5.75 Å². The van der Waals surface area contributed by atoms with Gasteiger partial charge in [-0.2, -0.15) is 0 Å². The molecule has 2 atom stereocenters. The normalized spacial score (nSPS) is 19.4. The molecule has 3 aromatic carbocycles. The van der Waals surface area contributed by atoms with Gasteiger partial charge in [-0.3, -0.25) is 4.79 Å². The lowest BCUT2D eigenvalue weighted by molar-refractivity contribution is -0.140. The first kappa shape index (κ1) is 23.6. The van der Waals surface area contributed by atoms with Gasteiger partial charge in [-0.05, 0) is 48.1 Å². The van der Waals surface area contributed by atoms with Crippen LogP contribution in [0.3, 0.4) is 0 Å². The van der Waals surface area contributed by atoms with E-state index in [1.165, 1.54) is 0 Å². The summed E-state index contributed by atoms with van der Waals surface area (Å²) in [4.78, 5) is 27.2. The molecule has 1 heterocycles. The van der Waals surface area contributed by atoms with Gasteiger partial charge in [0.2, 0.25) is 0 Å². The van der Waals surface area contributed by atoms with Gasteiger partial charge in [-0.15, -0.1) is 0 Å². The van der Waals surface area contributed by atoms with Crippen molar-refractivity contribution in [2.75, 3.05) is 7.11 Å². The fraction of sp³-hybridized carbons (Fsp3) is 0.226. The van der Waals surface area contributed by atoms with Crippen LogP contribution in [0.2, 0.25) is 0 Å². The average Bonchev–Trinajstić information content (AvgIpc) is 2.92. The molecular weight excluding hydrogens is 450 g/mol. The van der Waals surface area contributed by atoms with E-state index in [1.807, 2.05) is 79.7 Å². The Balaban J connectivity index is 1.53. The molecule has 182 valence electrons. The molecule has 5 rings (SSSR count). The lowest BCUT2D eigenvalue weighted by atomic mass is 9.71. The van der Waals surface area contributed by atoms with E-state index in [4.69, 9.17) is 9.47 Å². The Morgan fingerprint density at radius 1 is 0.917 bits per heavy atom. The van der Waals surface area contributed by atoms with E-state index < -0.39 is 11.9 Å². The minimum atomic E-state index is -0.524. The average molecular weight is 480 g/mol. The third kappa shape index (κ3) is 4.69. The second-order valence-electron chi connectivity index (χ2n) is 9.27. The van der Waals surface area contributed by atoms with E-state index in [2.05, 4.69) is 17.4 Å². The van der Waals surface area contributed by atoms with Crippen molar-refractivity contribution in [3.05, 3.63) is 124 Å². The quantitative estimate of drug-likeness (QED) is 0.453. The summed E-state index contributed by atoms with van der Waals surface area (Å²) < 4.78 is 11.2. The van der Waals surface area contributed by atoms with Crippen LogP contribution >= 0.6 is 0 Å². The van der Waals surface area contributed by atoms with Gasteiger partial charge in [0, 0.05) is 29.3 Å². The third-order valence-corrected chi connectivity index (χ3v) is 6.96. The molecule has 0 radical (unpaired) electrons. The summed E-state index contributed by atoms with van der Waals surface area (Å²) >= 11 is 0. The molecule has 36 heavy (non-hydrogen) atoms. The largest absolute Gasteiger partial charge is 0.497 e. The van der Waals surface area contributed by atoms with Crippen molar-refractivity contribution < 1.29 is 19.1 Å². The van der Waals surface area contributed by atoms with Crippen LogP contribution < -0.4 is 10.1 Å². The number of dihydropyridines is 1. The minimum Gasteiger partial charge on any atom is -0.497 e. The molecule has 0 spiro atoms. The van der Waals surface area contributed by atoms with Gasteiger partial charge in [0.25, 0.3) is 0 Å². The lowest BCUT2D eigenvalue weighted by Crippen LogP contribution is -2.36. The molecule has 0 saturated carbocycles. The number of allylic oxidation sites excluding steroid dienone is 3. The molecule has 1 aliphatic heterocycles. The van der Waals surface area contributed by atoms with Crippen LogP contribution in [-0.2, 0) is 20.9 Å². The smallest absolute Gasteiger partial charge is 0.337 e. The highest BCUT2D eigenvalue weighted by atomic mass is 16.5. The van der Waals surface area contributed by atoms with Gasteiger partial charge in [-0.1, -0.05) is 72.8 Å². The summed E-state index contributed by atoms with van der Waals surface area (Å²) in [5, 5.41) is 3.41. The second-order valence-corrected chi connectivity index (χ2v) is 9.27. The number of ether oxygens (including phenoxy) is 2. The highest BCUT2D eigenvalue weighted by molar-refractivity contribution is 6.04. The third-order valence-electron chi connectivity index (χ3n) is 6.96. The Kier molecular flexibility index (Phi) is 6.72. The first-order chi connectivity index (χ1) is 17.5. The Morgan fingerprint density at radius 3 is 2.33 bits per heavy atom. The lowest BCUT2D eigenvalue weighted by Gasteiger charge is -2.36. The second kappa shape index (κ2) is 10.2. The fourth-order valence-electron chi connectivity index (χ4n) is 5.23. The first-order valence-corrected chi connectivity index (χ1v) is 12.2. The number of Topliss-reactive ketones (excluding diaryl/α,β-unsaturated/α-hetero) is 1. The number of rotatable bonds is 6. The van der Waals surface area contributed by atoms with Gasteiger partial charge < -0.3 is 14.8 Å². The zero-order valence-corrected chi connectivity index (χ0v) is 20.5. The molecule has 0 fully saturated rings. The number of hydrogen-bond acceptors (Lipinski definition) is 5. The Labute approximate surface area is 211 Å². The molecular formula is C31H29NO4. The number of nitrogens with one attached hydrogen (secondary N) is 1. The number of benzene rings is 3. The summed E-state index contributed by atoms with van der Waals surface area (Å²) in [7, 11) is 1.61. The van der Waals surface area contributed by atoms with Crippen molar-refractivity contribution in [1.82, 2.24) is 5.32 Å². The van der Waals surface area contributed by atoms with Crippen molar-refractivity contribution in [2.24, 2.45) is 0 Å². The standard InChI is InChI=1S/C31H29NO4/c1-20-28(31(34)36-19-21-10-5-3-6-11-21)29(23-14-9-15-25(16-23)35-2)30-26(32-20)17-24(18-27(30)33)22-12-7-4-8-13-22/h3-16,24,29,32H,17-19H2,1-2H3/t24-,29+/m1/s1. The Morgan fingerprint density at radius 2 is 1.61 bits per heavy atom. The van der Waals surface area contributed by atoms with Crippen LogP contribution in [0.5, 0.6) is 5.75 Å². The predicted octanol–water partition coefficient (Wildman–Crippen LogP) is 5.80. The maximum atomic E-state index is 13.7. The van der Waals surface area contributed by atoms with E-state index in [-0.39, 0.29) is 18.3 Å². The van der Waals surface area contributed by atoms with E-state index in [1.54, 1.807) is 7.11 Å². The summed E-state index contributed by atoms with van der Waals surface area (Å²) in [6, 6.07) is 27.3. The fourth-order valence-corrected chi connectivity index (χ4v) is 5.23. The van der Waals surface area contributed by atoms with Crippen LogP contribution in [0.1, 0.15) is 48.3 Å². The van der Waals surface area contributed by atoms with Crippen LogP contribution in [0.25, 0.3) is 0 Å². The van der Waals surface area contributed by atoms with Gasteiger partial charge in [0.1, 0.15) is 12.4 Å². The number of methoxy groups -OCH3 is 1.